The van der Waals surface area contributed by atoms with E-state index in [9.17, 15) is 4.79 Å². The van der Waals surface area contributed by atoms with Gasteiger partial charge in [-0.2, -0.15) is 0 Å². The molecule has 2 rings (SSSR count). The van der Waals surface area contributed by atoms with Crippen LogP contribution in [0.4, 0.5) is 0 Å². The van der Waals surface area contributed by atoms with Gasteiger partial charge in [-0.3, -0.25) is 0 Å². The third-order valence-corrected chi connectivity index (χ3v) is 3.83. The highest BCUT2D eigenvalue weighted by Crippen LogP contribution is 2.33. The van der Waals surface area contributed by atoms with E-state index < -0.39 is 5.97 Å². The Kier molecular flexibility index (Phi) is 4.61. The summed E-state index contributed by atoms with van der Waals surface area (Å²) in [4.78, 5) is 11.5. The zero-order valence-electron chi connectivity index (χ0n) is 11.3. The minimum atomic E-state index is -0.520. The fraction of sp³-hybridized carbons (Fsp3) is 0.438. The summed E-state index contributed by atoms with van der Waals surface area (Å²) in [6.45, 7) is 0. The van der Waals surface area contributed by atoms with Gasteiger partial charge < -0.3 is 9.84 Å². The van der Waals surface area contributed by atoms with Gasteiger partial charge >= 0.3 is 5.97 Å². The van der Waals surface area contributed by atoms with Crippen molar-refractivity contribution in [1.29, 1.82) is 0 Å². The molecule has 0 heterocycles. The second-order valence-corrected chi connectivity index (χ2v) is 4.99. The first-order valence-corrected chi connectivity index (χ1v) is 6.79. The largest absolute Gasteiger partial charge is 0.515 e. The highest BCUT2D eigenvalue weighted by atomic mass is 16.5. The molecule has 1 saturated carbocycles. The van der Waals surface area contributed by atoms with Gasteiger partial charge in [0.2, 0.25) is 0 Å². The molecule has 1 aliphatic carbocycles. The minimum absolute atomic E-state index is 0.192. The number of aliphatic hydroxyl groups excluding tert-OH is 1. The smallest absolute Gasteiger partial charge is 0.341 e. The van der Waals surface area contributed by atoms with Crippen LogP contribution in [0.15, 0.2) is 30.5 Å². The topological polar surface area (TPSA) is 46.5 Å². The van der Waals surface area contributed by atoms with Crippen LogP contribution in [0.1, 0.15) is 49.1 Å². The fourth-order valence-electron chi connectivity index (χ4n) is 2.73. The van der Waals surface area contributed by atoms with Gasteiger partial charge in [0.05, 0.1) is 13.4 Å². The molecular weight excluding hydrogens is 240 g/mol. The first kappa shape index (κ1) is 13.7. The van der Waals surface area contributed by atoms with Crippen molar-refractivity contribution in [2.45, 2.75) is 38.0 Å². The molecule has 0 saturated heterocycles. The third kappa shape index (κ3) is 3.16. The summed E-state index contributed by atoms with van der Waals surface area (Å²) < 4.78 is 4.64. The van der Waals surface area contributed by atoms with Gasteiger partial charge in [0, 0.05) is 0 Å². The number of ether oxygens (including phenoxy) is 1. The Labute approximate surface area is 113 Å². The van der Waals surface area contributed by atoms with Gasteiger partial charge in [-0.05, 0) is 29.9 Å². The Morgan fingerprint density at radius 1 is 1.21 bits per heavy atom. The van der Waals surface area contributed by atoms with Crippen molar-refractivity contribution in [2.24, 2.45) is 0 Å². The number of carbonyl (C=O) groups excluding carboxylic acids is 1. The molecule has 1 aromatic rings. The molecule has 0 aromatic heterocycles. The van der Waals surface area contributed by atoms with Gasteiger partial charge in [0.25, 0.3) is 0 Å². The molecule has 19 heavy (non-hydrogen) atoms. The molecule has 1 aliphatic rings. The van der Waals surface area contributed by atoms with Crippen LogP contribution in [0.2, 0.25) is 0 Å². The van der Waals surface area contributed by atoms with Gasteiger partial charge in [-0.25, -0.2) is 4.79 Å². The van der Waals surface area contributed by atoms with Gasteiger partial charge in [0.15, 0.2) is 0 Å². The monoisotopic (exact) mass is 260 g/mol. The fourth-order valence-corrected chi connectivity index (χ4v) is 2.73. The van der Waals surface area contributed by atoms with Crippen molar-refractivity contribution in [2.75, 3.05) is 7.11 Å². The molecular formula is C16H20O3. The first-order valence-electron chi connectivity index (χ1n) is 6.79. The van der Waals surface area contributed by atoms with E-state index in [2.05, 4.69) is 16.9 Å². The Balaban J connectivity index is 2.15. The first-order chi connectivity index (χ1) is 9.26. The van der Waals surface area contributed by atoms with Crippen LogP contribution in [0.5, 0.6) is 0 Å². The lowest BCUT2D eigenvalue weighted by atomic mass is 9.84. The summed E-state index contributed by atoms with van der Waals surface area (Å²) in [7, 11) is 1.31. The number of methoxy groups -OCH3 is 1. The molecule has 0 spiro atoms. The van der Waals surface area contributed by atoms with Crippen LogP contribution >= 0.6 is 0 Å². The van der Waals surface area contributed by atoms with E-state index in [1.165, 1.54) is 44.8 Å². The Hall–Kier alpha value is -1.77. The Bertz CT molecular complexity index is 453. The lowest BCUT2D eigenvalue weighted by Gasteiger charge is -2.22. The molecule has 0 radical (unpaired) electrons. The molecule has 0 bridgehead atoms. The SMILES string of the molecule is COC(=O)C(=CO)c1ccc(C2CCCCC2)cc1. The zero-order chi connectivity index (χ0) is 13.7. The van der Waals surface area contributed by atoms with Gasteiger partial charge in [0.1, 0.15) is 5.57 Å². The summed E-state index contributed by atoms with van der Waals surface area (Å²) in [6.07, 6.45) is 7.25. The van der Waals surface area contributed by atoms with Crippen LogP contribution in [0, 0.1) is 0 Å². The maximum Gasteiger partial charge on any atom is 0.341 e. The number of rotatable bonds is 3. The van der Waals surface area contributed by atoms with Crippen molar-refractivity contribution in [3.8, 4) is 0 Å². The average molecular weight is 260 g/mol. The summed E-state index contributed by atoms with van der Waals surface area (Å²) >= 11 is 0. The van der Waals surface area contributed by atoms with Gasteiger partial charge in [-0.15, -0.1) is 0 Å². The highest BCUT2D eigenvalue weighted by Gasteiger charge is 2.17. The molecule has 0 unspecified atom stereocenters. The minimum Gasteiger partial charge on any atom is -0.515 e. The van der Waals surface area contributed by atoms with E-state index in [4.69, 9.17) is 5.11 Å². The maximum absolute atomic E-state index is 11.5. The standard InChI is InChI=1S/C16H20O3/c1-19-16(18)15(11-17)14-9-7-13(8-10-14)12-5-3-2-4-6-12/h7-12,17H,2-6H2,1H3. The molecule has 0 amide bonds. The molecule has 1 N–H and O–H groups in total. The average Bonchev–Trinajstić information content (AvgIpc) is 2.49. The van der Waals surface area contributed by atoms with Crippen LogP contribution in [0.25, 0.3) is 5.57 Å². The summed E-state index contributed by atoms with van der Waals surface area (Å²) in [5.41, 5.74) is 2.21. The van der Waals surface area contributed by atoms with Crippen molar-refractivity contribution >= 4 is 11.5 Å². The Morgan fingerprint density at radius 2 is 1.84 bits per heavy atom. The van der Waals surface area contributed by atoms with E-state index in [1.807, 2.05) is 12.1 Å². The highest BCUT2D eigenvalue weighted by molar-refractivity contribution is 6.16. The number of esters is 1. The predicted octanol–water partition coefficient (Wildman–Crippen LogP) is 3.81. The number of benzene rings is 1. The lowest BCUT2D eigenvalue weighted by Crippen LogP contribution is -2.06. The summed E-state index contributed by atoms with van der Waals surface area (Å²) in [5.74, 6) is 0.121. The second-order valence-electron chi connectivity index (χ2n) is 4.99. The second kappa shape index (κ2) is 6.41. The summed E-state index contributed by atoms with van der Waals surface area (Å²) in [5, 5.41) is 9.14. The van der Waals surface area contributed by atoms with Crippen molar-refractivity contribution in [1.82, 2.24) is 0 Å². The third-order valence-electron chi connectivity index (χ3n) is 3.83. The normalized spacial score (nSPS) is 17.2. The lowest BCUT2D eigenvalue weighted by molar-refractivity contribution is -0.133. The molecule has 1 fully saturated rings. The Morgan fingerprint density at radius 3 is 2.37 bits per heavy atom. The molecule has 0 aliphatic heterocycles. The van der Waals surface area contributed by atoms with Gasteiger partial charge in [-0.1, -0.05) is 43.5 Å². The van der Waals surface area contributed by atoms with Crippen molar-refractivity contribution in [3.05, 3.63) is 41.7 Å². The van der Waals surface area contributed by atoms with Crippen molar-refractivity contribution < 1.29 is 14.6 Å². The van der Waals surface area contributed by atoms with Crippen LogP contribution in [0.3, 0.4) is 0 Å². The van der Waals surface area contributed by atoms with E-state index >= 15 is 0 Å². The van der Waals surface area contributed by atoms with E-state index in [0.29, 0.717) is 11.5 Å². The van der Waals surface area contributed by atoms with E-state index in [1.54, 1.807) is 0 Å². The van der Waals surface area contributed by atoms with E-state index in [0.717, 1.165) is 6.26 Å². The molecule has 3 heteroatoms. The number of hydrogen-bond acceptors (Lipinski definition) is 3. The molecule has 1 aromatic carbocycles. The number of hydrogen-bond donors (Lipinski definition) is 1. The predicted molar refractivity (Wildman–Crippen MR) is 74.9 cm³/mol. The van der Waals surface area contributed by atoms with Crippen LogP contribution in [-0.4, -0.2) is 18.2 Å². The van der Waals surface area contributed by atoms with Crippen LogP contribution in [-0.2, 0) is 9.53 Å². The van der Waals surface area contributed by atoms with Crippen molar-refractivity contribution in [3.63, 3.8) is 0 Å². The van der Waals surface area contributed by atoms with E-state index in [-0.39, 0.29) is 5.57 Å². The zero-order valence-corrected chi connectivity index (χ0v) is 11.3. The van der Waals surface area contributed by atoms with Crippen LogP contribution < -0.4 is 0 Å². The number of aliphatic hydroxyl groups is 1. The quantitative estimate of drug-likeness (QED) is 0.510. The number of carbonyl (C=O) groups is 1. The molecule has 3 nitrogen and oxygen atoms in total. The summed E-state index contributed by atoms with van der Waals surface area (Å²) in [6, 6.07) is 7.86. The molecule has 102 valence electrons. The maximum atomic E-state index is 11.5. The molecule has 0 atom stereocenters.